The van der Waals surface area contributed by atoms with Crippen molar-refractivity contribution in [1.82, 2.24) is 4.72 Å². The van der Waals surface area contributed by atoms with Crippen molar-refractivity contribution in [1.29, 1.82) is 0 Å². The first-order valence-corrected chi connectivity index (χ1v) is 8.38. The second-order valence-corrected chi connectivity index (χ2v) is 6.82. The third kappa shape index (κ3) is 15.8. The van der Waals surface area contributed by atoms with E-state index in [0.717, 1.165) is 13.5 Å². The molecule has 2 N–H and O–H groups in total. The Bertz CT molecular complexity index is 212. The Labute approximate surface area is 132 Å². The molecule has 0 amide bonds. The van der Waals surface area contributed by atoms with Crippen LogP contribution in [0.3, 0.4) is 0 Å². The molecule has 20 heavy (non-hydrogen) atoms. The van der Waals surface area contributed by atoms with Gasteiger partial charge in [-0.2, -0.15) is 0 Å². The molecule has 2 atom stereocenters. The van der Waals surface area contributed by atoms with Crippen molar-refractivity contribution >= 4 is 11.9 Å². The molecule has 0 fully saturated rings. The Kier molecular flexibility index (Phi) is 20.8. The average molecular weight is 304 g/mol. The van der Waals surface area contributed by atoms with Crippen LogP contribution < -0.4 is 4.72 Å². The van der Waals surface area contributed by atoms with Crippen LogP contribution in [0.15, 0.2) is 25.3 Å². The maximum absolute atomic E-state index is 7.00. The van der Waals surface area contributed by atoms with Gasteiger partial charge in [0.15, 0.2) is 0 Å². The summed E-state index contributed by atoms with van der Waals surface area (Å²) >= 11 is 1.82. The molecule has 0 aliphatic rings. The maximum Gasteiger partial charge on any atom is 0.0319 e. The van der Waals surface area contributed by atoms with Gasteiger partial charge in [-0.15, -0.1) is 13.2 Å². The van der Waals surface area contributed by atoms with E-state index in [-0.39, 0.29) is 4.75 Å². The van der Waals surface area contributed by atoms with Crippen LogP contribution in [0.1, 0.15) is 60.8 Å². The molecule has 0 aromatic carbocycles. The van der Waals surface area contributed by atoms with Gasteiger partial charge in [-0.05, 0) is 39.5 Å². The number of allylic oxidation sites excluding steroid dienone is 1. The number of hydrogen-bond donors (Lipinski definition) is 2. The Morgan fingerprint density at radius 2 is 1.70 bits per heavy atom. The fraction of sp³-hybridized carbons (Fsp3) is 0.765. The first-order chi connectivity index (χ1) is 9.44. The van der Waals surface area contributed by atoms with Gasteiger partial charge in [-0.3, -0.25) is 4.72 Å². The molecule has 0 heterocycles. The molecule has 2 unspecified atom stereocenters. The van der Waals surface area contributed by atoms with Crippen LogP contribution in [0.25, 0.3) is 0 Å². The smallest absolute Gasteiger partial charge is 0.0319 e. The van der Waals surface area contributed by atoms with E-state index in [9.17, 15) is 0 Å². The largest absolute Gasteiger partial charge is 0.400 e. The molecule has 0 radical (unpaired) electrons. The summed E-state index contributed by atoms with van der Waals surface area (Å²) in [6, 6.07) is 0.504. The molecule has 122 valence electrons. The van der Waals surface area contributed by atoms with Crippen LogP contribution in [0.5, 0.6) is 0 Å². The van der Waals surface area contributed by atoms with Crippen LogP contribution in [0.4, 0.5) is 0 Å². The summed E-state index contributed by atoms with van der Waals surface area (Å²) in [5, 5.41) is 7.00. The molecular formula is C17H37NOS. The highest BCUT2D eigenvalue weighted by molar-refractivity contribution is 7.98. The predicted molar refractivity (Wildman–Crippen MR) is 97.2 cm³/mol. The molecule has 0 spiro atoms. The molecule has 0 saturated heterocycles. The number of aliphatic hydroxyl groups excluding tert-OH is 1. The van der Waals surface area contributed by atoms with E-state index in [1.54, 1.807) is 0 Å². The summed E-state index contributed by atoms with van der Waals surface area (Å²) in [7, 11) is 1.00. The summed E-state index contributed by atoms with van der Waals surface area (Å²) in [5.41, 5.74) is 0. The minimum absolute atomic E-state index is 0.256. The molecule has 0 bridgehead atoms. The van der Waals surface area contributed by atoms with Crippen LogP contribution in [-0.2, 0) is 0 Å². The van der Waals surface area contributed by atoms with Crippen molar-refractivity contribution in [3.63, 3.8) is 0 Å². The first-order valence-electron chi connectivity index (χ1n) is 7.56. The summed E-state index contributed by atoms with van der Waals surface area (Å²) in [4.78, 5) is 0. The minimum atomic E-state index is 0.256. The summed E-state index contributed by atoms with van der Waals surface area (Å²) in [6.45, 7) is 20.7. The second-order valence-electron chi connectivity index (χ2n) is 5.15. The van der Waals surface area contributed by atoms with E-state index < -0.39 is 0 Å². The molecule has 2 nitrogen and oxygen atoms in total. The molecule has 0 rings (SSSR count). The Balaban J connectivity index is -0.000000656. The lowest BCUT2D eigenvalue weighted by Crippen LogP contribution is -2.33. The minimum Gasteiger partial charge on any atom is -0.400 e. The lowest BCUT2D eigenvalue weighted by molar-refractivity contribution is 0.399. The maximum atomic E-state index is 7.00. The third-order valence-electron chi connectivity index (χ3n) is 2.37. The Hall–Kier alpha value is -0.250. The van der Waals surface area contributed by atoms with Crippen molar-refractivity contribution in [2.45, 2.75) is 71.6 Å². The number of aliphatic hydroxyl groups is 1. The lowest BCUT2D eigenvalue weighted by Gasteiger charge is -2.28. The average Bonchev–Trinajstić information content (AvgIpc) is 2.44. The third-order valence-corrected chi connectivity index (χ3v) is 3.41. The standard InChI is InChI=1S/C14H27NS.C2H6.CH4O/c1-7-10-12(9-3)13(11-8-2)15-16-14(4,5)6;2*1-2/h7,9,12-13,15H,1,3,8,10-11H2,2,4-6H3;1-2H3;2H,1H3. The Morgan fingerprint density at radius 3 is 2.00 bits per heavy atom. The monoisotopic (exact) mass is 303 g/mol. The van der Waals surface area contributed by atoms with Gasteiger partial charge in [-0.25, -0.2) is 0 Å². The molecule has 0 aliphatic heterocycles. The molecule has 0 aliphatic carbocycles. The summed E-state index contributed by atoms with van der Waals surface area (Å²) in [6.07, 6.45) is 7.43. The quantitative estimate of drug-likeness (QED) is 0.477. The zero-order valence-corrected chi connectivity index (χ0v) is 15.5. The van der Waals surface area contributed by atoms with Crippen molar-refractivity contribution < 1.29 is 5.11 Å². The van der Waals surface area contributed by atoms with E-state index in [0.29, 0.717) is 12.0 Å². The lowest BCUT2D eigenvalue weighted by atomic mass is 9.94. The number of rotatable bonds is 8. The van der Waals surface area contributed by atoms with Crippen LogP contribution in [0, 0.1) is 5.92 Å². The van der Waals surface area contributed by atoms with E-state index in [4.69, 9.17) is 5.11 Å². The highest BCUT2D eigenvalue weighted by Gasteiger charge is 2.19. The molecule has 0 aromatic rings. The predicted octanol–water partition coefficient (Wildman–Crippen LogP) is 5.20. The van der Waals surface area contributed by atoms with Gasteiger partial charge < -0.3 is 5.11 Å². The number of nitrogens with one attached hydrogen (secondary N) is 1. The van der Waals surface area contributed by atoms with Crippen LogP contribution in [-0.4, -0.2) is 23.0 Å². The van der Waals surface area contributed by atoms with Crippen LogP contribution in [0.2, 0.25) is 0 Å². The Morgan fingerprint density at radius 1 is 1.20 bits per heavy atom. The first kappa shape index (κ1) is 24.7. The van der Waals surface area contributed by atoms with E-state index in [1.807, 2.05) is 31.9 Å². The second kappa shape index (κ2) is 16.8. The highest BCUT2D eigenvalue weighted by Crippen LogP contribution is 2.24. The number of hydrogen-bond acceptors (Lipinski definition) is 3. The van der Waals surface area contributed by atoms with Gasteiger partial charge in [0, 0.05) is 17.9 Å². The van der Waals surface area contributed by atoms with Crippen molar-refractivity contribution in [3.8, 4) is 0 Å². The van der Waals surface area contributed by atoms with E-state index in [1.165, 1.54) is 12.8 Å². The van der Waals surface area contributed by atoms with Crippen molar-refractivity contribution in [3.05, 3.63) is 25.3 Å². The van der Waals surface area contributed by atoms with Gasteiger partial charge in [0.2, 0.25) is 0 Å². The normalized spacial score (nSPS) is 13.0. The highest BCUT2D eigenvalue weighted by atomic mass is 32.2. The van der Waals surface area contributed by atoms with Gasteiger partial charge in [0.25, 0.3) is 0 Å². The zero-order chi connectivity index (χ0) is 16.6. The SMILES string of the molecule is C=CCC(C=C)C(CCC)NSC(C)(C)C.CC.CO. The fourth-order valence-corrected chi connectivity index (χ4v) is 2.34. The van der Waals surface area contributed by atoms with Gasteiger partial charge in [-0.1, -0.05) is 51.3 Å². The van der Waals surface area contributed by atoms with Crippen molar-refractivity contribution in [2.24, 2.45) is 5.92 Å². The van der Waals surface area contributed by atoms with Crippen LogP contribution >= 0.6 is 11.9 Å². The molecule has 0 saturated carbocycles. The van der Waals surface area contributed by atoms with E-state index >= 15 is 0 Å². The molecule has 0 aromatic heterocycles. The summed E-state index contributed by atoms with van der Waals surface area (Å²) < 4.78 is 3.85. The molecule has 3 heteroatoms. The van der Waals surface area contributed by atoms with Crippen molar-refractivity contribution in [2.75, 3.05) is 7.11 Å². The molecular weight excluding hydrogens is 266 g/mol. The van der Waals surface area contributed by atoms with Gasteiger partial charge in [0.1, 0.15) is 0 Å². The van der Waals surface area contributed by atoms with Gasteiger partial charge in [0.05, 0.1) is 0 Å². The topological polar surface area (TPSA) is 32.3 Å². The van der Waals surface area contributed by atoms with Gasteiger partial charge >= 0.3 is 0 Å². The zero-order valence-electron chi connectivity index (χ0n) is 14.7. The fourth-order valence-electron chi connectivity index (χ4n) is 1.54. The summed E-state index contributed by atoms with van der Waals surface area (Å²) in [5.74, 6) is 0.493. The van der Waals surface area contributed by atoms with E-state index in [2.05, 4.69) is 51.7 Å².